The molecule has 2 aliphatic carbocycles. The third kappa shape index (κ3) is 7.65. The zero-order chi connectivity index (χ0) is 33.0. The van der Waals surface area contributed by atoms with Gasteiger partial charge < -0.3 is 19.3 Å². The summed E-state index contributed by atoms with van der Waals surface area (Å²) in [6.07, 6.45) is 13.1. The van der Waals surface area contributed by atoms with Crippen LogP contribution in [0, 0.1) is 34.5 Å². The third-order valence-electron chi connectivity index (χ3n) is 8.19. The van der Waals surface area contributed by atoms with E-state index in [-0.39, 0.29) is 13.1 Å². The number of rotatable bonds is 9. The zero-order valence-corrected chi connectivity index (χ0v) is 27.4. The van der Waals surface area contributed by atoms with E-state index in [1.807, 2.05) is 12.1 Å². The molecule has 0 aliphatic heterocycles. The van der Waals surface area contributed by atoms with Crippen molar-refractivity contribution >= 4 is 46.4 Å². The van der Waals surface area contributed by atoms with Crippen LogP contribution in [0.3, 0.4) is 0 Å². The first kappa shape index (κ1) is 33.7. The molecule has 2 aliphatic rings. The van der Waals surface area contributed by atoms with E-state index in [1.165, 1.54) is 24.9 Å². The van der Waals surface area contributed by atoms with Gasteiger partial charge in [-0.3, -0.25) is 0 Å². The second-order valence-electron chi connectivity index (χ2n) is 11.5. The molecule has 4 aromatic heterocycles. The summed E-state index contributed by atoms with van der Waals surface area (Å²) >= 11 is 24.5. The predicted octanol–water partition coefficient (Wildman–Crippen LogP) is 5.30. The molecule has 2 fully saturated rings. The van der Waals surface area contributed by atoms with Crippen molar-refractivity contribution in [2.45, 2.75) is 72.6 Å². The normalized spacial score (nSPS) is 17.8. The molecule has 236 valence electrons. The second kappa shape index (κ2) is 13.6. The molecule has 46 heavy (non-hydrogen) atoms. The van der Waals surface area contributed by atoms with Crippen molar-refractivity contribution in [3.8, 4) is 24.0 Å². The number of pyridine rings is 2. The number of halogens is 4. The van der Waals surface area contributed by atoms with Gasteiger partial charge in [-0.25, -0.2) is 19.9 Å². The lowest BCUT2D eigenvalue weighted by molar-refractivity contribution is 0.00245. The number of hydrogen-bond acceptors (Lipinski definition) is 8. The zero-order valence-electron chi connectivity index (χ0n) is 24.4. The number of nitrogens with zero attached hydrogens (tertiary/aromatic N) is 8. The Balaban J connectivity index is 0.000000181. The molecular weight excluding hydrogens is 670 g/mol. The Morgan fingerprint density at radius 3 is 1.85 bits per heavy atom. The first-order chi connectivity index (χ1) is 21.9. The van der Waals surface area contributed by atoms with Gasteiger partial charge in [0.2, 0.25) is 0 Å². The van der Waals surface area contributed by atoms with E-state index < -0.39 is 21.0 Å². The lowest BCUT2D eigenvalue weighted by atomic mass is 9.89. The van der Waals surface area contributed by atoms with Gasteiger partial charge in [0.25, 0.3) is 0 Å². The molecule has 0 aromatic carbocycles. The van der Waals surface area contributed by atoms with E-state index in [0.29, 0.717) is 52.9 Å². The van der Waals surface area contributed by atoms with Crippen molar-refractivity contribution < 1.29 is 10.2 Å². The summed E-state index contributed by atoms with van der Waals surface area (Å²) in [6.45, 7) is 0.327. The summed E-state index contributed by atoms with van der Waals surface area (Å²) in [7, 11) is 0. The Kier molecular flexibility index (Phi) is 9.96. The van der Waals surface area contributed by atoms with E-state index in [9.17, 15) is 10.2 Å². The molecule has 2 N–H and O–H groups in total. The highest BCUT2D eigenvalue weighted by molar-refractivity contribution is 6.29. The third-order valence-corrected chi connectivity index (χ3v) is 10.1. The van der Waals surface area contributed by atoms with Crippen LogP contribution in [-0.4, -0.2) is 60.2 Å². The summed E-state index contributed by atoms with van der Waals surface area (Å²) in [6, 6.07) is 11.1. The van der Waals surface area contributed by atoms with Crippen LogP contribution in [0.5, 0.6) is 0 Å². The quantitative estimate of drug-likeness (QED) is 0.136. The molecule has 2 saturated carbocycles. The number of aryl methyl sites for hydroxylation is 1. The molecule has 4 heterocycles. The molecule has 14 heteroatoms. The van der Waals surface area contributed by atoms with Gasteiger partial charge >= 0.3 is 0 Å². The van der Waals surface area contributed by atoms with Gasteiger partial charge in [0.1, 0.15) is 39.4 Å². The van der Waals surface area contributed by atoms with Crippen LogP contribution in [0.2, 0.25) is 10.3 Å². The fourth-order valence-electron chi connectivity index (χ4n) is 4.98. The Morgan fingerprint density at radius 2 is 1.35 bits per heavy atom. The Morgan fingerprint density at radius 1 is 0.783 bits per heavy atom. The molecule has 0 spiro atoms. The lowest BCUT2D eigenvalue weighted by Gasteiger charge is -2.33. The van der Waals surface area contributed by atoms with Crippen LogP contribution in [0.25, 0.3) is 0 Å². The molecule has 2 unspecified atom stereocenters. The Hall–Kier alpha value is -3.66. The molecule has 2 atom stereocenters. The van der Waals surface area contributed by atoms with Crippen molar-refractivity contribution in [3.05, 3.63) is 94.5 Å². The maximum absolute atomic E-state index is 11.2. The fourth-order valence-corrected chi connectivity index (χ4v) is 5.65. The molecule has 4 aromatic rings. The minimum absolute atomic E-state index is 0.0768. The highest BCUT2D eigenvalue weighted by Crippen LogP contribution is 2.53. The van der Waals surface area contributed by atoms with Gasteiger partial charge in [-0.15, -0.1) is 23.2 Å². The van der Waals surface area contributed by atoms with Crippen LogP contribution in [0.15, 0.2) is 61.7 Å². The van der Waals surface area contributed by atoms with Crippen LogP contribution in [0.1, 0.15) is 54.6 Å². The molecule has 0 saturated heterocycles. The summed E-state index contributed by atoms with van der Waals surface area (Å²) < 4.78 is 3.21. The minimum Gasteiger partial charge on any atom is -0.386 e. The minimum atomic E-state index is -1.47. The maximum atomic E-state index is 11.2. The first-order valence-electron chi connectivity index (χ1n) is 14.3. The number of aromatic nitrogens is 6. The largest absolute Gasteiger partial charge is 0.386 e. The van der Waals surface area contributed by atoms with E-state index in [4.69, 9.17) is 56.9 Å². The van der Waals surface area contributed by atoms with Gasteiger partial charge in [-0.05, 0) is 62.3 Å². The fraction of sp³-hybridized carbons (Fsp3) is 0.375. The van der Waals surface area contributed by atoms with E-state index in [1.54, 1.807) is 39.9 Å². The van der Waals surface area contributed by atoms with Crippen LogP contribution < -0.4 is 0 Å². The van der Waals surface area contributed by atoms with Crippen molar-refractivity contribution in [2.24, 2.45) is 0 Å². The smallest absolute Gasteiger partial charge is 0.162 e. The first-order valence-corrected chi connectivity index (χ1v) is 15.8. The average Bonchev–Trinajstić information content (AvgIpc) is 3.88. The van der Waals surface area contributed by atoms with Crippen molar-refractivity contribution in [2.75, 3.05) is 0 Å². The number of hydrogen-bond donors (Lipinski definition) is 2. The van der Waals surface area contributed by atoms with E-state index >= 15 is 0 Å². The molecule has 0 amide bonds. The second-order valence-corrected chi connectivity index (χ2v) is 13.7. The summed E-state index contributed by atoms with van der Waals surface area (Å²) in [4.78, 5) is 14.5. The summed E-state index contributed by atoms with van der Waals surface area (Å²) in [5.74, 6) is 5.74. The van der Waals surface area contributed by atoms with Crippen molar-refractivity contribution in [1.82, 2.24) is 29.1 Å². The topological polar surface area (TPSA) is 149 Å². The molecule has 0 radical (unpaired) electrons. The maximum Gasteiger partial charge on any atom is 0.162 e. The van der Waals surface area contributed by atoms with Crippen LogP contribution in [0.4, 0.5) is 0 Å². The molecule has 10 nitrogen and oxygen atoms in total. The van der Waals surface area contributed by atoms with Crippen molar-refractivity contribution in [1.29, 1.82) is 10.5 Å². The van der Waals surface area contributed by atoms with E-state index in [0.717, 1.165) is 18.4 Å². The van der Waals surface area contributed by atoms with E-state index in [2.05, 4.69) is 37.8 Å². The summed E-state index contributed by atoms with van der Waals surface area (Å²) in [5, 5.41) is 41.2. The van der Waals surface area contributed by atoms with Crippen LogP contribution in [-0.2, 0) is 19.5 Å². The SMILES string of the molecule is N#Cc1cncn1CC(O)(C#Cc1ccc(Cl)nc1)C1(Cl)CC1.N#Cc1cncn1CC(O)(CCc1ccc(Cl)nc1)C1(Cl)CC1. The summed E-state index contributed by atoms with van der Waals surface area (Å²) in [5.41, 5.74) is -0.211. The predicted molar refractivity (Wildman–Crippen MR) is 173 cm³/mol. The Labute approximate surface area is 286 Å². The van der Waals surface area contributed by atoms with Crippen LogP contribution >= 0.6 is 46.4 Å². The highest BCUT2D eigenvalue weighted by atomic mass is 35.5. The Bertz CT molecular complexity index is 1830. The highest BCUT2D eigenvalue weighted by Gasteiger charge is 2.58. The number of alkyl halides is 2. The van der Waals surface area contributed by atoms with Gasteiger partial charge in [-0.1, -0.05) is 41.1 Å². The van der Waals surface area contributed by atoms with Gasteiger partial charge in [0.05, 0.1) is 47.9 Å². The standard InChI is InChI=1S/C16H16Cl2N4O.C16H12Cl2N4O/c2*17-14-2-1-12(8-21-14)3-4-16(23,15(18)5-6-15)10-22-11-20-9-13(22)7-19/h1-2,8-9,11,23H,3-6,10H2;1-2,8-9,11,23H,5-6,10H2. The average molecular weight is 698 g/mol. The molecule has 6 rings (SSSR count). The molecule has 0 bridgehead atoms. The monoisotopic (exact) mass is 696 g/mol. The number of nitriles is 2. The molecular formula is C32H28Cl4N8O2. The van der Waals surface area contributed by atoms with Crippen molar-refractivity contribution in [3.63, 3.8) is 0 Å². The van der Waals surface area contributed by atoms with Gasteiger partial charge in [0.15, 0.2) is 5.60 Å². The number of aliphatic hydroxyl groups is 2. The lowest BCUT2D eigenvalue weighted by Crippen LogP contribution is -2.45. The van der Waals surface area contributed by atoms with Gasteiger partial charge in [-0.2, -0.15) is 10.5 Å². The number of imidazole rings is 2. The van der Waals surface area contributed by atoms with Gasteiger partial charge in [0, 0.05) is 18.0 Å².